The lowest BCUT2D eigenvalue weighted by Gasteiger charge is -2.39. The fraction of sp³-hybridized carbons (Fsp3) is 1.00. The van der Waals surface area contributed by atoms with E-state index in [1.54, 1.807) is 0 Å². The normalized spacial score (nSPS) is 21.4. The molecule has 0 amide bonds. The number of aliphatic hydroxyl groups excluding tert-OH is 1. The molecule has 1 fully saturated rings. The number of hydrogen-bond donors (Lipinski definition) is 1. The van der Waals surface area contributed by atoms with Gasteiger partial charge in [-0.25, -0.2) is 0 Å². The van der Waals surface area contributed by atoms with Gasteiger partial charge < -0.3 is 5.11 Å². The summed E-state index contributed by atoms with van der Waals surface area (Å²) in [6.45, 7) is 8.86. The first-order valence-corrected chi connectivity index (χ1v) is 6.02. The Labute approximate surface area is 88.3 Å². The Kier molecular flexibility index (Phi) is 4.39. The van der Waals surface area contributed by atoms with Crippen LogP contribution in [-0.2, 0) is 0 Å². The molecule has 1 atom stereocenters. The van der Waals surface area contributed by atoms with Crippen LogP contribution in [0.3, 0.4) is 0 Å². The van der Waals surface area contributed by atoms with E-state index in [0.29, 0.717) is 0 Å². The Balaban J connectivity index is 2.44. The van der Waals surface area contributed by atoms with E-state index < -0.39 is 0 Å². The number of nitrogens with zero attached hydrogens (tertiary/aromatic N) is 1. The van der Waals surface area contributed by atoms with Crippen molar-refractivity contribution >= 4 is 0 Å². The first-order chi connectivity index (χ1) is 6.59. The summed E-state index contributed by atoms with van der Waals surface area (Å²) in [6.07, 6.45) is 5.68. The van der Waals surface area contributed by atoms with Gasteiger partial charge in [-0.2, -0.15) is 0 Å². The van der Waals surface area contributed by atoms with E-state index in [2.05, 4.69) is 25.7 Å². The molecule has 0 aliphatic carbocycles. The maximum Gasteiger partial charge on any atom is 0.0718 e. The molecule has 1 unspecified atom stereocenters. The molecule has 84 valence electrons. The van der Waals surface area contributed by atoms with Crippen molar-refractivity contribution in [1.82, 2.24) is 4.90 Å². The van der Waals surface area contributed by atoms with Crippen molar-refractivity contribution in [2.24, 2.45) is 0 Å². The predicted molar refractivity (Wildman–Crippen MR) is 60.4 cm³/mol. The smallest absolute Gasteiger partial charge is 0.0718 e. The number of hydrogen-bond acceptors (Lipinski definition) is 2. The summed E-state index contributed by atoms with van der Waals surface area (Å²) in [7, 11) is 0. The van der Waals surface area contributed by atoms with Gasteiger partial charge in [0.05, 0.1) is 6.10 Å². The van der Waals surface area contributed by atoms with Gasteiger partial charge in [0, 0.05) is 5.54 Å². The molecule has 0 spiro atoms. The SMILES string of the molecule is CCCCC(O)C(C)(C)N1CCCC1. The minimum Gasteiger partial charge on any atom is -0.391 e. The average molecular weight is 199 g/mol. The predicted octanol–water partition coefficient (Wildman–Crippen LogP) is 2.41. The fourth-order valence-corrected chi connectivity index (χ4v) is 2.25. The van der Waals surface area contributed by atoms with Gasteiger partial charge >= 0.3 is 0 Å². The molecule has 14 heavy (non-hydrogen) atoms. The zero-order valence-corrected chi connectivity index (χ0v) is 9.92. The van der Waals surface area contributed by atoms with Crippen molar-refractivity contribution in [1.29, 1.82) is 0 Å². The van der Waals surface area contributed by atoms with E-state index in [1.807, 2.05) is 0 Å². The van der Waals surface area contributed by atoms with E-state index in [1.165, 1.54) is 19.3 Å². The van der Waals surface area contributed by atoms with Crippen LogP contribution in [0.4, 0.5) is 0 Å². The lowest BCUT2D eigenvalue weighted by Crippen LogP contribution is -2.51. The summed E-state index contributed by atoms with van der Waals surface area (Å²) >= 11 is 0. The van der Waals surface area contributed by atoms with Crippen molar-refractivity contribution in [3.8, 4) is 0 Å². The lowest BCUT2D eigenvalue weighted by molar-refractivity contribution is -0.00298. The van der Waals surface area contributed by atoms with E-state index >= 15 is 0 Å². The third kappa shape index (κ3) is 2.71. The van der Waals surface area contributed by atoms with Gasteiger partial charge in [0.2, 0.25) is 0 Å². The van der Waals surface area contributed by atoms with Gasteiger partial charge in [0.25, 0.3) is 0 Å². The van der Waals surface area contributed by atoms with Crippen LogP contribution in [0.25, 0.3) is 0 Å². The molecular formula is C12H25NO. The van der Waals surface area contributed by atoms with Crippen LogP contribution in [0.1, 0.15) is 52.9 Å². The number of unbranched alkanes of at least 4 members (excludes halogenated alkanes) is 1. The van der Waals surface area contributed by atoms with Crippen LogP contribution < -0.4 is 0 Å². The van der Waals surface area contributed by atoms with E-state index in [0.717, 1.165) is 25.9 Å². The Morgan fingerprint density at radius 1 is 1.29 bits per heavy atom. The highest BCUT2D eigenvalue weighted by atomic mass is 16.3. The second kappa shape index (κ2) is 5.13. The van der Waals surface area contributed by atoms with Crippen LogP contribution >= 0.6 is 0 Å². The van der Waals surface area contributed by atoms with Crippen LogP contribution in [0.15, 0.2) is 0 Å². The average Bonchev–Trinajstić information content (AvgIpc) is 2.67. The molecule has 2 heteroatoms. The van der Waals surface area contributed by atoms with E-state index in [-0.39, 0.29) is 11.6 Å². The largest absolute Gasteiger partial charge is 0.391 e. The number of likely N-dealkylation sites (tertiary alicyclic amines) is 1. The summed E-state index contributed by atoms with van der Waals surface area (Å²) in [5, 5.41) is 10.1. The van der Waals surface area contributed by atoms with E-state index in [9.17, 15) is 5.11 Å². The number of rotatable bonds is 5. The maximum absolute atomic E-state index is 10.1. The second-order valence-corrected chi connectivity index (χ2v) is 5.01. The summed E-state index contributed by atoms with van der Waals surface area (Å²) in [6, 6.07) is 0. The minimum absolute atomic E-state index is 0.0222. The third-order valence-electron chi connectivity index (χ3n) is 3.57. The molecule has 1 aliphatic heterocycles. The summed E-state index contributed by atoms with van der Waals surface area (Å²) < 4.78 is 0. The molecule has 2 nitrogen and oxygen atoms in total. The molecule has 0 aromatic heterocycles. The Hall–Kier alpha value is -0.0800. The van der Waals surface area contributed by atoms with Gasteiger partial charge in [-0.15, -0.1) is 0 Å². The molecule has 1 saturated heterocycles. The van der Waals surface area contributed by atoms with Crippen molar-refractivity contribution in [3.05, 3.63) is 0 Å². The molecule has 1 heterocycles. The molecule has 1 aliphatic rings. The van der Waals surface area contributed by atoms with Crippen LogP contribution in [0, 0.1) is 0 Å². The quantitative estimate of drug-likeness (QED) is 0.735. The van der Waals surface area contributed by atoms with Crippen LogP contribution in [-0.4, -0.2) is 34.7 Å². The van der Waals surface area contributed by atoms with Crippen molar-refractivity contribution < 1.29 is 5.11 Å². The molecule has 1 rings (SSSR count). The molecule has 0 bridgehead atoms. The summed E-state index contributed by atoms with van der Waals surface area (Å²) in [5.74, 6) is 0. The Morgan fingerprint density at radius 2 is 1.86 bits per heavy atom. The molecule has 0 saturated carbocycles. The van der Waals surface area contributed by atoms with Gasteiger partial charge in [-0.3, -0.25) is 4.90 Å². The van der Waals surface area contributed by atoms with E-state index in [4.69, 9.17) is 0 Å². The molecule has 0 radical (unpaired) electrons. The van der Waals surface area contributed by atoms with Gasteiger partial charge in [0.1, 0.15) is 0 Å². The van der Waals surface area contributed by atoms with Crippen molar-refractivity contribution in [2.45, 2.75) is 64.5 Å². The van der Waals surface area contributed by atoms with Crippen LogP contribution in [0.5, 0.6) is 0 Å². The third-order valence-corrected chi connectivity index (χ3v) is 3.57. The van der Waals surface area contributed by atoms with Crippen LogP contribution in [0.2, 0.25) is 0 Å². The van der Waals surface area contributed by atoms with Crippen molar-refractivity contribution in [2.75, 3.05) is 13.1 Å². The molecule has 1 N–H and O–H groups in total. The Morgan fingerprint density at radius 3 is 2.36 bits per heavy atom. The topological polar surface area (TPSA) is 23.5 Å². The summed E-state index contributed by atoms with van der Waals surface area (Å²) in [5.41, 5.74) is -0.0222. The molecule has 0 aromatic rings. The first kappa shape index (κ1) is 12.0. The fourth-order valence-electron chi connectivity index (χ4n) is 2.25. The second-order valence-electron chi connectivity index (χ2n) is 5.01. The van der Waals surface area contributed by atoms with Gasteiger partial charge in [-0.05, 0) is 46.2 Å². The maximum atomic E-state index is 10.1. The standard InChI is InChI=1S/C12H25NO/c1-4-5-8-11(14)12(2,3)13-9-6-7-10-13/h11,14H,4-10H2,1-3H3. The minimum atomic E-state index is -0.166. The van der Waals surface area contributed by atoms with Gasteiger partial charge in [0.15, 0.2) is 0 Å². The highest BCUT2D eigenvalue weighted by molar-refractivity contribution is 4.90. The zero-order valence-electron chi connectivity index (χ0n) is 9.92. The highest BCUT2D eigenvalue weighted by Crippen LogP contribution is 2.26. The zero-order chi connectivity index (χ0) is 10.6. The molecule has 0 aromatic carbocycles. The monoisotopic (exact) mass is 199 g/mol. The van der Waals surface area contributed by atoms with Gasteiger partial charge in [-0.1, -0.05) is 19.8 Å². The number of aliphatic hydroxyl groups is 1. The highest BCUT2D eigenvalue weighted by Gasteiger charge is 2.34. The summed E-state index contributed by atoms with van der Waals surface area (Å²) in [4.78, 5) is 2.44. The van der Waals surface area contributed by atoms with Crippen molar-refractivity contribution in [3.63, 3.8) is 0 Å². The molecular weight excluding hydrogens is 174 g/mol. The lowest BCUT2D eigenvalue weighted by atomic mass is 9.91. The Bertz CT molecular complexity index is 162. The first-order valence-electron chi connectivity index (χ1n) is 6.02.